The highest BCUT2D eigenvalue weighted by Gasteiger charge is 2.16. The van der Waals surface area contributed by atoms with Crippen LogP contribution in [0.15, 0.2) is 132 Å². The van der Waals surface area contributed by atoms with Crippen molar-refractivity contribution in [2.24, 2.45) is 0 Å². The maximum atomic E-state index is 12.9. The summed E-state index contributed by atoms with van der Waals surface area (Å²) in [6.45, 7) is 6.56. The maximum Gasteiger partial charge on any atom is 0.302 e. The minimum Gasteiger partial charge on any atom is -0.464 e. The Bertz CT molecular complexity index is 3080. The van der Waals surface area contributed by atoms with Crippen molar-refractivity contribution in [2.75, 3.05) is 13.2 Å². The van der Waals surface area contributed by atoms with Crippen molar-refractivity contribution in [1.82, 2.24) is 28.2 Å². The standard InChI is InChI=1S/C25H22ClN3O4.C23H20ClN3O3/c1-16-13-29(24-22(16)25(32)28(15-27-24)11-12-33-17(2)30)14-18-3-5-19(6-4-18)23(31)20-7-9-21(26)10-8-20;1-15-12-27(22-20(15)23(30)26(10-11-28)14-25-22)13-16-2-4-17(5-3-16)21(29)18-6-8-19(24)9-7-18/h3-10,13,15H,11-12,14H2,1-2H3;2-9,12,14,28H,10-11,13H2,1H3. The smallest absolute Gasteiger partial charge is 0.302 e. The third kappa shape index (κ3) is 10.1. The highest BCUT2D eigenvalue weighted by Crippen LogP contribution is 2.21. The second-order valence-electron chi connectivity index (χ2n) is 14.9. The van der Waals surface area contributed by atoms with Gasteiger partial charge in [-0.3, -0.25) is 33.1 Å². The first-order chi connectivity index (χ1) is 30.3. The number of carbonyl (C=O) groups is 3. The SMILES string of the molecule is CC(=O)OCCn1cnc2c(c(C)cn2Cc2ccc(C(=O)c3ccc(Cl)cc3)cc2)c1=O.Cc1cn(Cc2ccc(C(=O)c3ccc(Cl)cc3)cc2)c2ncn(CCO)c(=O)c12. The number of aliphatic hydroxyl groups is 1. The van der Waals surface area contributed by atoms with E-state index in [1.807, 2.05) is 59.6 Å². The van der Waals surface area contributed by atoms with Crippen molar-refractivity contribution in [3.63, 3.8) is 0 Å². The molecular formula is C48H42Cl2N6O7. The Morgan fingerprint density at radius 3 is 1.30 bits per heavy atom. The largest absolute Gasteiger partial charge is 0.464 e. The van der Waals surface area contributed by atoms with Gasteiger partial charge >= 0.3 is 5.97 Å². The fourth-order valence-electron chi connectivity index (χ4n) is 7.21. The lowest BCUT2D eigenvalue weighted by Crippen LogP contribution is -2.23. The van der Waals surface area contributed by atoms with Crippen LogP contribution >= 0.6 is 23.2 Å². The number of rotatable bonds is 13. The predicted molar refractivity (Wildman–Crippen MR) is 242 cm³/mol. The van der Waals surface area contributed by atoms with Gasteiger partial charge in [0.05, 0.1) is 36.8 Å². The molecule has 4 aromatic carbocycles. The zero-order valence-electron chi connectivity index (χ0n) is 34.6. The van der Waals surface area contributed by atoms with Crippen LogP contribution in [0.25, 0.3) is 22.1 Å². The molecule has 0 unspecified atom stereocenters. The normalized spacial score (nSPS) is 11.1. The van der Waals surface area contributed by atoms with Crippen molar-refractivity contribution in [2.45, 2.75) is 47.0 Å². The van der Waals surface area contributed by atoms with E-state index in [-0.39, 0.29) is 55.0 Å². The minimum atomic E-state index is -0.389. The molecule has 13 nitrogen and oxygen atoms in total. The fourth-order valence-corrected chi connectivity index (χ4v) is 7.47. The number of esters is 1. The molecule has 4 heterocycles. The number of ether oxygens (including phenoxy) is 1. The summed E-state index contributed by atoms with van der Waals surface area (Å²) in [5.74, 6) is -0.525. The van der Waals surface area contributed by atoms with Gasteiger partial charge in [-0.2, -0.15) is 0 Å². The van der Waals surface area contributed by atoms with Gasteiger partial charge in [-0.15, -0.1) is 0 Å². The molecule has 0 aliphatic heterocycles. The van der Waals surface area contributed by atoms with Crippen LogP contribution in [-0.2, 0) is 35.7 Å². The number of carbonyl (C=O) groups excluding carboxylic acids is 3. The average molecular weight is 886 g/mol. The lowest BCUT2D eigenvalue weighted by Gasteiger charge is -2.08. The van der Waals surface area contributed by atoms with Gasteiger partial charge < -0.3 is 19.0 Å². The van der Waals surface area contributed by atoms with Gasteiger partial charge in [-0.1, -0.05) is 71.7 Å². The Hall–Kier alpha value is -6.93. The summed E-state index contributed by atoms with van der Waals surface area (Å²) >= 11 is 11.8. The van der Waals surface area contributed by atoms with Gasteiger partial charge in [0.25, 0.3) is 11.1 Å². The first-order valence-corrected chi connectivity index (χ1v) is 20.7. The third-order valence-corrected chi connectivity index (χ3v) is 10.9. The highest BCUT2D eigenvalue weighted by atomic mass is 35.5. The van der Waals surface area contributed by atoms with Crippen LogP contribution in [0.2, 0.25) is 10.0 Å². The molecule has 0 saturated carbocycles. The molecule has 8 aromatic rings. The Labute approximate surface area is 371 Å². The molecule has 0 atom stereocenters. The summed E-state index contributed by atoms with van der Waals surface area (Å²) in [6.07, 6.45) is 6.72. The molecule has 4 aromatic heterocycles. The van der Waals surface area contributed by atoms with E-state index in [4.69, 9.17) is 33.0 Å². The summed E-state index contributed by atoms with van der Waals surface area (Å²) in [5, 5.41) is 11.4. The molecule has 0 fully saturated rings. The molecule has 15 heteroatoms. The second kappa shape index (κ2) is 19.4. The number of benzene rings is 4. The van der Waals surface area contributed by atoms with E-state index in [1.54, 1.807) is 72.8 Å². The number of nitrogens with zero attached hydrogens (tertiary/aromatic N) is 6. The number of aromatic nitrogens is 6. The van der Waals surface area contributed by atoms with Crippen LogP contribution < -0.4 is 11.1 Å². The van der Waals surface area contributed by atoms with E-state index in [2.05, 4.69) is 9.97 Å². The highest BCUT2D eigenvalue weighted by molar-refractivity contribution is 6.31. The summed E-state index contributed by atoms with van der Waals surface area (Å²) in [4.78, 5) is 70.6. The molecule has 63 heavy (non-hydrogen) atoms. The number of aliphatic hydroxyl groups excluding tert-OH is 1. The van der Waals surface area contributed by atoms with Crippen LogP contribution in [-0.4, -0.2) is 64.1 Å². The van der Waals surface area contributed by atoms with E-state index in [0.717, 1.165) is 22.3 Å². The topological polar surface area (TPSA) is 160 Å². The van der Waals surface area contributed by atoms with Crippen molar-refractivity contribution in [3.05, 3.63) is 197 Å². The van der Waals surface area contributed by atoms with Crippen molar-refractivity contribution < 1.29 is 24.2 Å². The van der Waals surface area contributed by atoms with Crippen LogP contribution in [0.4, 0.5) is 0 Å². The predicted octanol–water partition coefficient (Wildman–Crippen LogP) is 7.43. The van der Waals surface area contributed by atoms with E-state index >= 15 is 0 Å². The van der Waals surface area contributed by atoms with E-state index < -0.39 is 0 Å². The summed E-state index contributed by atoms with van der Waals surface area (Å²) in [7, 11) is 0. The number of halogens is 2. The number of hydrogen-bond donors (Lipinski definition) is 1. The van der Waals surface area contributed by atoms with Gasteiger partial charge in [0.2, 0.25) is 0 Å². The summed E-state index contributed by atoms with van der Waals surface area (Å²) in [5.41, 5.74) is 6.82. The molecular weight excluding hydrogens is 843 g/mol. The van der Waals surface area contributed by atoms with Crippen molar-refractivity contribution in [1.29, 1.82) is 0 Å². The molecule has 0 aliphatic carbocycles. The lowest BCUT2D eigenvalue weighted by molar-refractivity contribution is -0.141. The Morgan fingerprint density at radius 2 is 0.937 bits per heavy atom. The zero-order valence-corrected chi connectivity index (χ0v) is 36.1. The van der Waals surface area contributed by atoms with Crippen LogP contribution in [0.5, 0.6) is 0 Å². The summed E-state index contributed by atoms with van der Waals surface area (Å²) in [6, 6.07) is 28.4. The third-order valence-electron chi connectivity index (χ3n) is 10.4. The van der Waals surface area contributed by atoms with Gasteiger partial charge in [0, 0.05) is 64.7 Å². The molecule has 0 spiro atoms. The maximum absolute atomic E-state index is 12.9. The average Bonchev–Trinajstić information content (AvgIpc) is 3.77. The van der Waals surface area contributed by atoms with E-state index in [1.165, 1.54) is 28.7 Å². The molecule has 0 bridgehead atoms. The number of fused-ring (bicyclic) bond motifs is 2. The van der Waals surface area contributed by atoms with Crippen LogP contribution in [0.3, 0.4) is 0 Å². The van der Waals surface area contributed by atoms with Crippen molar-refractivity contribution >= 4 is 62.8 Å². The molecule has 0 saturated heterocycles. The monoisotopic (exact) mass is 884 g/mol. The number of hydrogen-bond acceptors (Lipinski definition) is 9. The quantitative estimate of drug-likeness (QED) is 0.0918. The first-order valence-electron chi connectivity index (χ1n) is 19.9. The van der Waals surface area contributed by atoms with Gasteiger partial charge in [-0.05, 0) is 84.6 Å². The van der Waals surface area contributed by atoms with Gasteiger partial charge in [-0.25, -0.2) is 9.97 Å². The van der Waals surface area contributed by atoms with Crippen LogP contribution in [0, 0.1) is 13.8 Å². The van der Waals surface area contributed by atoms with Gasteiger partial charge in [0.15, 0.2) is 11.6 Å². The van der Waals surface area contributed by atoms with Crippen molar-refractivity contribution in [3.8, 4) is 0 Å². The number of ketones is 2. The molecule has 0 aliphatic rings. The molecule has 320 valence electrons. The molecule has 0 amide bonds. The lowest BCUT2D eigenvalue weighted by atomic mass is 10.0. The minimum absolute atomic E-state index is 0.0634. The molecule has 8 rings (SSSR count). The van der Waals surface area contributed by atoms with E-state index in [0.29, 0.717) is 67.5 Å². The Morgan fingerprint density at radius 1 is 0.571 bits per heavy atom. The Kier molecular flexibility index (Phi) is 13.6. The number of aryl methyl sites for hydroxylation is 2. The Balaban J connectivity index is 0.000000190. The summed E-state index contributed by atoms with van der Waals surface area (Å²) < 4.78 is 11.6. The first kappa shape index (κ1) is 44.1. The second-order valence-corrected chi connectivity index (χ2v) is 15.8. The molecule has 0 radical (unpaired) electrons. The van der Waals surface area contributed by atoms with Crippen LogP contribution in [0.1, 0.15) is 61.0 Å². The zero-order chi connectivity index (χ0) is 44.8. The van der Waals surface area contributed by atoms with E-state index in [9.17, 15) is 24.0 Å². The fraction of sp³-hybridized carbons (Fsp3) is 0.188. The molecule has 1 N–H and O–H groups in total. The van der Waals surface area contributed by atoms with Gasteiger partial charge in [0.1, 0.15) is 24.2 Å².